The molecule has 0 fully saturated rings. The Morgan fingerprint density at radius 1 is 1.50 bits per heavy atom. The monoisotopic (exact) mass is 289 g/mol. The fourth-order valence-corrected chi connectivity index (χ4v) is 1.71. The second-order valence-corrected chi connectivity index (χ2v) is 4.52. The quantitative estimate of drug-likeness (QED) is 0.869. The van der Waals surface area contributed by atoms with E-state index >= 15 is 0 Å². The molecular formula is C11H13BrFNO2. The molecule has 1 N–H and O–H groups in total. The highest BCUT2D eigenvalue weighted by molar-refractivity contribution is 9.10. The van der Waals surface area contributed by atoms with Gasteiger partial charge in [-0.05, 0) is 26.0 Å². The van der Waals surface area contributed by atoms with E-state index in [1.807, 2.05) is 13.8 Å². The second-order valence-electron chi connectivity index (χ2n) is 3.60. The van der Waals surface area contributed by atoms with Crippen LogP contribution in [-0.2, 0) is 4.74 Å². The summed E-state index contributed by atoms with van der Waals surface area (Å²) in [4.78, 5) is 11.5. The van der Waals surface area contributed by atoms with E-state index in [1.54, 1.807) is 0 Å². The van der Waals surface area contributed by atoms with Crippen LogP contribution in [0.25, 0.3) is 0 Å². The van der Waals surface area contributed by atoms with Gasteiger partial charge in [0, 0.05) is 10.5 Å². The minimum Gasteiger partial charge on any atom is -0.465 e. The van der Waals surface area contributed by atoms with Gasteiger partial charge in [-0.25, -0.2) is 9.18 Å². The third kappa shape index (κ3) is 2.95. The van der Waals surface area contributed by atoms with E-state index in [9.17, 15) is 9.18 Å². The summed E-state index contributed by atoms with van der Waals surface area (Å²) in [6.07, 6.45) is 0. The Kier molecular flexibility index (Phi) is 4.29. The molecule has 0 saturated carbocycles. The molecule has 1 rings (SSSR count). The molecule has 0 unspecified atom stereocenters. The first-order chi connectivity index (χ1) is 7.45. The second kappa shape index (κ2) is 5.30. The molecule has 88 valence electrons. The summed E-state index contributed by atoms with van der Waals surface area (Å²) in [5.74, 6) is -1.05. The van der Waals surface area contributed by atoms with E-state index in [4.69, 9.17) is 0 Å². The summed E-state index contributed by atoms with van der Waals surface area (Å²) in [5, 5.41) is 2.89. The van der Waals surface area contributed by atoms with E-state index in [1.165, 1.54) is 19.2 Å². The number of halogens is 2. The number of esters is 1. The van der Waals surface area contributed by atoms with Crippen LogP contribution in [0.4, 0.5) is 10.1 Å². The summed E-state index contributed by atoms with van der Waals surface area (Å²) >= 11 is 3.14. The van der Waals surface area contributed by atoms with Gasteiger partial charge in [0.15, 0.2) is 0 Å². The van der Waals surface area contributed by atoms with Crippen LogP contribution in [0.5, 0.6) is 0 Å². The predicted molar refractivity (Wildman–Crippen MR) is 64.2 cm³/mol. The molecule has 0 aliphatic rings. The van der Waals surface area contributed by atoms with Gasteiger partial charge in [0.2, 0.25) is 0 Å². The van der Waals surface area contributed by atoms with E-state index in [0.717, 1.165) is 0 Å². The van der Waals surface area contributed by atoms with Gasteiger partial charge < -0.3 is 10.1 Å². The SMILES string of the molecule is COC(=O)c1cc(Br)cc(F)c1NC(C)C. The van der Waals surface area contributed by atoms with Gasteiger partial charge in [-0.15, -0.1) is 0 Å². The first-order valence-electron chi connectivity index (χ1n) is 4.79. The highest BCUT2D eigenvalue weighted by Crippen LogP contribution is 2.26. The number of hydrogen-bond acceptors (Lipinski definition) is 3. The van der Waals surface area contributed by atoms with E-state index in [0.29, 0.717) is 4.47 Å². The number of hydrogen-bond donors (Lipinski definition) is 1. The number of rotatable bonds is 3. The molecule has 1 aromatic rings. The van der Waals surface area contributed by atoms with Crippen LogP contribution in [0, 0.1) is 5.82 Å². The van der Waals surface area contributed by atoms with Crippen molar-refractivity contribution in [3.8, 4) is 0 Å². The number of benzene rings is 1. The molecule has 0 atom stereocenters. The topological polar surface area (TPSA) is 38.3 Å². The predicted octanol–water partition coefficient (Wildman–Crippen LogP) is 3.20. The van der Waals surface area contributed by atoms with Crippen LogP contribution < -0.4 is 5.32 Å². The van der Waals surface area contributed by atoms with Crippen molar-refractivity contribution in [3.05, 3.63) is 28.0 Å². The van der Waals surface area contributed by atoms with Gasteiger partial charge >= 0.3 is 5.97 Å². The van der Waals surface area contributed by atoms with Crippen molar-refractivity contribution in [1.82, 2.24) is 0 Å². The molecular weight excluding hydrogens is 277 g/mol. The average Bonchev–Trinajstić information content (AvgIpc) is 2.20. The first kappa shape index (κ1) is 13.0. The Balaban J connectivity index is 3.26. The Hall–Kier alpha value is -1.10. The minimum absolute atomic E-state index is 0.0269. The molecule has 0 heterocycles. The van der Waals surface area contributed by atoms with E-state index in [2.05, 4.69) is 26.0 Å². The van der Waals surface area contributed by atoms with Crippen molar-refractivity contribution in [3.63, 3.8) is 0 Å². The number of carbonyl (C=O) groups is 1. The summed E-state index contributed by atoms with van der Waals surface area (Å²) in [6, 6.07) is 2.86. The van der Waals surface area contributed by atoms with Crippen LogP contribution in [0.3, 0.4) is 0 Å². The van der Waals surface area contributed by atoms with Crippen LogP contribution in [0.2, 0.25) is 0 Å². The maximum absolute atomic E-state index is 13.7. The average molecular weight is 290 g/mol. The van der Waals surface area contributed by atoms with Crippen molar-refractivity contribution < 1.29 is 13.9 Å². The van der Waals surface area contributed by atoms with Crippen molar-refractivity contribution in [2.45, 2.75) is 19.9 Å². The lowest BCUT2D eigenvalue weighted by Gasteiger charge is -2.14. The van der Waals surface area contributed by atoms with Gasteiger partial charge in [-0.2, -0.15) is 0 Å². The molecule has 0 aromatic heterocycles. The summed E-state index contributed by atoms with van der Waals surface area (Å²) < 4.78 is 18.8. The third-order valence-electron chi connectivity index (χ3n) is 1.89. The van der Waals surface area contributed by atoms with Crippen molar-refractivity contribution in [2.75, 3.05) is 12.4 Å². The number of anilines is 1. The normalized spacial score (nSPS) is 10.4. The van der Waals surface area contributed by atoms with Crippen LogP contribution in [-0.4, -0.2) is 19.1 Å². The largest absolute Gasteiger partial charge is 0.465 e. The highest BCUT2D eigenvalue weighted by Gasteiger charge is 2.17. The standard InChI is InChI=1S/C11H13BrFNO2/c1-6(2)14-10-8(11(15)16-3)4-7(12)5-9(10)13/h4-6,14H,1-3H3. The molecule has 1 aromatic carbocycles. The molecule has 3 nitrogen and oxygen atoms in total. The first-order valence-corrected chi connectivity index (χ1v) is 5.59. The lowest BCUT2D eigenvalue weighted by atomic mass is 10.1. The Labute approximate surface area is 102 Å². The number of ether oxygens (including phenoxy) is 1. The number of methoxy groups -OCH3 is 1. The van der Waals surface area contributed by atoms with Gasteiger partial charge in [0.25, 0.3) is 0 Å². The fraction of sp³-hybridized carbons (Fsp3) is 0.364. The molecule has 0 bridgehead atoms. The Bertz CT molecular complexity index is 407. The minimum atomic E-state index is -0.566. The maximum Gasteiger partial charge on any atom is 0.340 e. The zero-order chi connectivity index (χ0) is 12.3. The van der Waals surface area contributed by atoms with Crippen LogP contribution in [0.15, 0.2) is 16.6 Å². The van der Waals surface area contributed by atoms with E-state index in [-0.39, 0.29) is 17.3 Å². The molecule has 0 spiro atoms. The lowest BCUT2D eigenvalue weighted by molar-refractivity contribution is 0.0601. The molecule has 16 heavy (non-hydrogen) atoms. The lowest BCUT2D eigenvalue weighted by Crippen LogP contribution is -2.15. The number of carbonyl (C=O) groups excluding carboxylic acids is 1. The van der Waals surface area contributed by atoms with Crippen molar-refractivity contribution >= 4 is 27.6 Å². The third-order valence-corrected chi connectivity index (χ3v) is 2.35. The van der Waals surface area contributed by atoms with Crippen molar-refractivity contribution in [1.29, 1.82) is 0 Å². The summed E-state index contributed by atoms with van der Waals surface area (Å²) in [5.41, 5.74) is 0.355. The Morgan fingerprint density at radius 3 is 2.62 bits per heavy atom. The van der Waals surface area contributed by atoms with Gasteiger partial charge in [0.1, 0.15) is 5.82 Å². The van der Waals surface area contributed by atoms with Gasteiger partial charge in [-0.3, -0.25) is 0 Å². The van der Waals surface area contributed by atoms with Gasteiger partial charge in [0.05, 0.1) is 18.4 Å². The zero-order valence-electron chi connectivity index (χ0n) is 9.30. The fourth-order valence-electron chi connectivity index (χ4n) is 1.28. The molecule has 0 amide bonds. The number of nitrogens with one attached hydrogen (secondary N) is 1. The molecule has 0 aliphatic carbocycles. The Morgan fingerprint density at radius 2 is 2.12 bits per heavy atom. The molecule has 0 radical (unpaired) electrons. The smallest absolute Gasteiger partial charge is 0.340 e. The molecule has 0 saturated heterocycles. The highest BCUT2D eigenvalue weighted by atomic mass is 79.9. The zero-order valence-corrected chi connectivity index (χ0v) is 10.9. The van der Waals surface area contributed by atoms with Crippen molar-refractivity contribution in [2.24, 2.45) is 0 Å². The van der Waals surface area contributed by atoms with Gasteiger partial charge in [-0.1, -0.05) is 15.9 Å². The molecule has 0 aliphatic heterocycles. The molecule has 5 heteroatoms. The maximum atomic E-state index is 13.7. The summed E-state index contributed by atoms with van der Waals surface area (Å²) in [6.45, 7) is 3.73. The summed E-state index contributed by atoms with van der Waals surface area (Å²) in [7, 11) is 1.26. The van der Waals surface area contributed by atoms with Crippen LogP contribution in [0.1, 0.15) is 24.2 Å². The van der Waals surface area contributed by atoms with E-state index < -0.39 is 11.8 Å². The van der Waals surface area contributed by atoms with Crippen LogP contribution >= 0.6 is 15.9 Å².